The Morgan fingerprint density at radius 1 is 0.929 bits per heavy atom. The molecule has 2 rings (SSSR count). The van der Waals surface area contributed by atoms with Gasteiger partial charge in [-0.25, -0.2) is 0 Å². The lowest BCUT2D eigenvalue weighted by Gasteiger charge is -2.25. The summed E-state index contributed by atoms with van der Waals surface area (Å²) in [6.45, 7) is 9.74. The quantitative estimate of drug-likeness (QED) is 0.720. The van der Waals surface area contributed by atoms with Crippen molar-refractivity contribution in [3.05, 3.63) is 29.8 Å². The van der Waals surface area contributed by atoms with Crippen molar-refractivity contribution in [3.8, 4) is 5.75 Å². The average Bonchev–Trinajstić information content (AvgIpc) is 2.92. The second kappa shape index (κ2) is 10.2. The summed E-state index contributed by atoms with van der Waals surface area (Å²) < 4.78 is 5.83. The second-order valence-corrected chi connectivity index (χ2v) is 7.75. The number of hydrogen-bond acceptors (Lipinski definition) is 4. The number of benzene rings is 1. The molecule has 0 spiro atoms. The molecule has 1 aliphatic heterocycles. The monoisotopic (exact) mass is 388 g/mol. The van der Waals surface area contributed by atoms with Crippen LogP contribution in [0.25, 0.3) is 0 Å². The molecular weight excluding hydrogens is 356 g/mol. The van der Waals surface area contributed by atoms with Crippen LogP contribution < -0.4 is 4.74 Å². The van der Waals surface area contributed by atoms with Gasteiger partial charge in [0.25, 0.3) is 5.91 Å². The molecule has 154 valence electrons. The van der Waals surface area contributed by atoms with Gasteiger partial charge in [-0.05, 0) is 43.9 Å². The summed E-state index contributed by atoms with van der Waals surface area (Å²) in [5, 5.41) is 0. The van der Waals surface area contributed by atoms with Crippen molar-refractivity contribution >= 4 is 17.6 Å². The Bertz CT molecular complexity index is 684. The van der Waals surface area contributed by atoms with Gasteiger partial charge >= 0.3 is 0 Å². The number of rotatable bonds is 7. The maximum Gasteiger partial charge on any atom is 0.263 e. The van der Waals surface area contributed by atoms with Gasteiger partial charge in [-0.2, -0.15) is 0 Å². The first-order chi connectivity index (χ1) is 13.3. The molecule has 0 saturated carbocycles. The fourth-order valence-electron chi connectivity index (χ4n) is 3.27. The van der Waals surface area contributed by atoms with Gasteiger partial charge in [-0.15, -0.1) is 0 Å². The zero-order valence-electron chi connectivity index (χ0n) is 17.4. The number of Topliss-reactive ketones (excluding diaryl/α,β-unsaturated/α-hetero) is 1. The van der Waals surface area contributed by atoms with Crippen molar-refractivity contribution in [3.63, 3.8) is 0 Å². The zero-order chi connectivity index (χ0) is 20.7. The van der Waals surface area contributed by atoms with Crippen LogP contribution in [0.4, 0.5) is 0 Å². The van der Waals surface area contributed by atoms with Gasteiger partial charge in [0.1, 0.15) is 11.5 Å². The number of ketones is 1. The first-order valence-electron chi connectivity index (χ1n) is 10.1. The Labute approximate surface area is 167 Å². The van der Waals surface area contributed by atoms with E-state index in [1.165, 1.54) is 12.5 Å². The van der Waals surface area contributed by atoms with E-state index in [1.807, 2.05) is 24.3 Å². The Kier molecular flexibility index (Phi) is 8.03. The molecule has 2 amide bonds. The molecule has 1 aromatic carbocycles. The van der Waals surface area contributed by atoms with Gasteiger partial charge in [0.05, 0.1) is 0 Å². The largest absolute Gasteiger partial charge is 0.481 e. The molecule has 28 heavy (non-hydrogen) atoms. The number of hydrogen-bond donors (Lipinski definition) is 0. The van der Waals surface area contributed by atoms with Gasteiger partial charge in [0.15, 0.2) is 6.10 Å². The minimum absolute atomic E-state index is 0.0148. The van der Waals surface area contributed by atoms with Gasteiger partial charge in [-0.1, -0.05) is 26.0 Å². The van der Waals surface area contributed by atoms with Crippen molar-refractivity contribution in [2.75, 3.05) is 26.2 Å². The lowest BCUT2D eigenvalue weighted by molar-refractivity contribution is -0.138. The lowest BCUT2D eigenvalue weighted by atomic mass is 10.0. The van der Waals surface area contributed by atoms with E-state index in [0.29, 0.717) is 37.8 Å². The van der Waals surface area contributed by atoms with E-state index < -0.39 is 6.10 Å². The van der Waals surface area contributed by atoms with E-state index in [0.717, 1.165) is 6.42 Å². The SMILES string of the molecule is CC(=O)CCC(=O)N1CCCN(C(=O)C(C)Oc2ccc(C(C)C)cc2)CC1. The fraction of sp³-hybridized carbons (Fsp3) is 0.591. The highest BCUT2D eigenvalue weighted by Gasteiger charge is 2.26. The van der Waals surface area contributed by atoms with Crippen molar-refractivity contribution in [1.82, 2.24) is 9.80 Å². The molecule has 1 aromatic rings. The van der Waals surface area contributed by atoms with Crippen LogP contribution in [0.15, 0.2) is 24.3 Å². The molecule has 1 aliphatic rings. The standard InChI is InChI=1S/C22H32N2O4/c1-16(2)19-7-9-20(10-8-19)28-18(4)22(27)24-13-5-12-23(14-15-24)21(26)11-6-17(3)25/h7-10,16,18H,5-6,11-15H2,1-4H3. The molecule has 1 unspecified atom stereocenters. The molecule has 1 heterocycles. The fourth-order valence-corrected chi connectivity index (χ4v) is 3.27. The van der Waals surface area contributed by atoms with Crippen LogP contribution in [0.3, 0.4) is 0 Å². The molecule has 0 aliphatic carbocycles. The molecular formula is C22H32N2O4. The first-order valence-corrected chi connectivity index (χ1v) is 10.1. The van der Waals surface area contributed by atoms with Crippen molar-refractivity contribution in [2.45, 2.75) is 59.0 Å². The number of amides is 2. The summed E-state index contributed by atoms with van der Waals surface area (Å²) in [5.74, 6) is 1.07. The smallest absolute Gasteiger partial charge is 0.263 e. The topological polar surface area (TPSA) is 66.9 Å². The predicted octanol–water partition coefficient (Wildman–Crippen LogP) is 3.01. The molecule has 1 saturated heterocycles. The van der Waals surface area contributed by atoms with E-state index in [-0.39, 0.29) is 30.4 Å². The van der Waals surface area contributed by atoms with Crippen molar-refractivity contribution < 1.29 is 19.1 Å². The predicted molar refractivity (Wildman–Crippen MR) is 108 cm³/mol. The van der Waals surface area contributed by atoms with Crippen molar-refractivity contribution in [2.24, 2.45) is 0 Å². The summed E-state index contributed by atoms with van der Waals surface area (Å²) in [5.41, 5.74) is 1.23. The van der Waals surface area contributed by atoms with Crippen molar-refractivity contribution in [1.29, 1.82) is 0 Å². The van der Waals surface area contributed by atoms with Gasteiger partial charge in [-0.3, -0.25) is 9.59 Å². The first kappa shape index (κ1) is 21.9. The Morgan fingerprint density at radius 3 is 2.14 bits per heavy atom. The van der Waals surface area contributed by atoms with E-state index in [1.54, 1.807) is 16.7 Å². The normalized spacial score (nSPS) is 15.9. The molecule has 0 bridgehead atoms. The Balaban J connectivity index is 1.87. The van der Waals surface area contributed by atoms with Gasteiger partial charge in [0, 0.05) is 39.0 Å². The van der Waals surface area contributed by atoms with Crippen LogP contribution >= 0.6 is 0 Å². The van der Waals surface area contributed by atoms with E-state index in [9.17, 15) is 14.4 Å². The molecule has 0 radical (unpaired) electrons. The molecule has 6 heteroatoms. The number of carbonyl (C=O) groups excluding carboxylic acids is 3. The highest BCUT2D eigenvalue weighted by Crippen LogP contribution is 2.20. The molecule has 0 N–H and O–H groups in total. The van der Waals surface area contributed by atoms with Crippen LogP contribution in [0.2, 0.25) is 0 Å². The molecule has 0 aromatic heterocycles. The minimum Gasteiger partial charge on any atom is -0.481 e. The minimum atomic E-state index is -0.579. The van der Waals surface area contributed by atoms with Crippen LogP contribution in [-0.4, -0.2) is 59.7 Å². The highest BCUT2D eigenvalue weighted by atomic mass is 16.5. The van der Waals surface area contributed by atoms with Crippen LogP contribution in [0.5, 0.6) is 5.75 Å². The molecule has 6 nitrogen and oxygen atoms in total. The molecule has 1 fully saturated rings. The van der Waals surface area contributed by atoms with Crippen LogP contribution in [0.1, 0.15) is 58.4 Å². The summed E-state index contributed by atoms with van der Waals surface area (Å²) in [4.78, 5) is 39.6. The third-order valence-corrected chi connectivity index (χ3v) is 5.06. The Morgan fingerprint density at radius 2 is 1.54 bits per heavy atom. The van der Waals surface area contributed by atoms with Crippen LogP contribution in [0, 0.1) is 0 Å². The van der Waals surface area contributed by atoms with Gasteiger partial charge < -0.3 is 19.3 Å². The van der Waals surface area contributed by atoms with E-state index >= 15 is 0 Å². The van der Waals surface area contributed by atoms with Gasteiger partial charge in [0.2, 0.25) is 5.91 Å². The number of carbonyl (C=O) groups is 3. The number of nitrogens with zero attached hydrogens (tertiary/aromatic N) is 2. The second-order valence-electron chi connectivity index (χ2n) is 7.75. The summed E-state index contributed by atoms with van der Waals surface area (Å²) in [7, 11) is 0. The van der Waals surface area contributed by atoms with Crippen LogP contribution in [-0.2, 0) is 14.4 Å². The highest BCUT2D eigenvalue weighted by molar-refractivity contribution is 5.84. The maximum absolute atomic E-state index is 12.8. The lowest BCUT2D eigenvalue weighted by Crippen LogP contribution is -2.43. The van der Waals surface area contributed by atoms with E-state index in [2.05, 4.69) is 13.8 Å². The summed E-state index contributed by atoms with van der Waals surface area (Å²) >= 11 is 0. The molecule has 1 atom stereocenters. The summed E-state index contributed by atoms with van der Waals surface area (Å²) in [6, 6.07) is 7.84. The zero-order valence-corrected chi connectivity index (χ0v) is 17.4. The third-order valence-electron chi connectivity index (χ3n) is 5.06. The third kappa shape index (κ3) is 6.36. The summed E-state index contributed by atoms with van der Waals surface area (Å²) in [6.07, 6.45) is 0.672. The average molecular weight is 389 g/mol. The maximum atomic E-state index is 12.8. The number of ether oxygens (including phenoxy) is 1. The Hall–Kier alpha value is -2.37. The van der Waals surface area contributed by atoms with E-state index in [4.69, 9.17) is 4.74 Å².